The van der Waals surface area contributed by atoms with Crippen LogP contribution in [0.2, 0.25) is 0 Å². The molecule has 3 aromatic carbocycles. The number of hydrogen-bond donors (Lipinski definition) is 1. The van der Waals surface area contributed by atoms with Gasteiger partial charge in [0.25, 0.3) is 15.9 Å². The molecule has 0 unspecified atom stereocenters. The molecule has 35 heavy (non-hydrogen) atoms. The van der Waals surface area contributed by atoms with E-state index in [0.717, 1.165) is 9.87 Å². The normalized spacial score (nSPS) is 12.5. The van der Waals surface area contributed by atoms with E-state index in [4.69, 9.17) is 14.2 Å². The number of halogens is 1. The van der Waals surface area contributed by atoms with E-state index >= 15 is 0 Å². The summed E-state index contributed by atoms with van der Waals surface area (Å²) in [4.78, 5) is 12.9. The lowest BCUT2D eigenvalue weighted by Gasteiger charge is -2.25. The monoisotopic (exact) mass is 559 g/mol. The first kappa shape index (κ1) is 24.6. The molecule has 0 radical (unpaired) electrons. The molecule has 3 aromatic rings. The molecule has 0 saturated carbocycles. The van der Waals surface area contributed by atoms with Gasteiger partial charge in [-0.1, -0.05) is 24.3 Å². The maximum absolute atomic E-state index is 13.5. The predicted octanol–water partition coefficient (Wildman–Crippen LogP) is 3.84. The Balaban J connectivity index is 1.60. The van der Waals surface area contributed by atoms with Crippen molar-refractivity contribution in [3.63, 3.8) is 0 Å². The van der Waals surface area contributed by atoms with Gasteiger partial charge in [0.2, 0.25) is 6.79 Å². The second-order valence-electron chi connectivity index (χ2n) is 7.52. The van der Waals surface area contributed by atoms with E-state index in [9.17, 15) is 13.2 Å². The molecular weight excluding hydrogens is 538 g/mol. The number of hydrazone groups is 1. The first-order valence-electron chi connectivity index (χ1n) is 10.4. The third-order valence-electron chi connectivity index (χ3n) is 5.11. The Bertz CT molecular complexity index is 1380. The van der Waals surface area contributed by atoms with Crippen LogP contribution < -0.4 is 23.9 Å². The van der Waals surface area contributed by atoms with Crippen molar-refractivity contribution in [2.45, 2.75) is 11.8 Å². The summed E-state index contributed by atoms with van der Waals surface area (Å²) in [5, 5.41) is 3.99. The van der Waals surface area contributed by atoms with Crippen LogP contribution in [-0.2, 0) is 14.8 Å². The van der Waals surface area contributed by atoms with E-state index in [1.165, 1.54) is 25.5 Å². The van der Waals surface area contributed by atoms with Crippen molar-refractivity contribution < 1.29 is 27.4 Å². The minimum Gasteiger partial charge on any atom is -0.495 e. The number of fused-ring (bicyclic) bond motifs is 1. The molecule has 11 heteroatoms. The number of carbonyl (C=O) groups is 1. The van der Waals surface area contributed by atoms with Crippen LogP contribution in [0.3, 0.4) is 0 Å². The molecule has 0 aliphatic carbocycles. The van der Waals surface area contributed by atoms with Crippen LogP contribution in [0.5, 0.6) is 17.2 Å². The number of nitrogens with one attached hydrogen (secondary N) is 1. The van der Waals surface area contributed by atoms with Gasteiger partial charge in [0.05, 0.1) is 23.9 Å². The zero-order valence-electron chi connectivity index (χ0n) is 18.9. The fourth-order valence-electron chi connectivity index (χ4n) is 3.39. The molecular formula is C24H22BrN3O6S. The third kappa shape index (κ3) is 5.41. The number of benzene rings is 3. The number of ether oxygens (including phenoxy) is 3. The molecule has 1 amide bonds. The van der Waals surface area contributed by atoms with Crippen LogP contribution >= 0.6 is 15.9 Å². The maximum atomic E-state index is 13.5. The van der Waals surface area contributed by atoms with Gasteiger partial charge >= 0.3 is 0 Å². The summed E-state index contributed by atoms with van der Waals surface area (Å²) in [6.07, 6.45) is 1.42. The molecule has 1 aliphatic rings. The van der Waals surface area contributed by atoms with E-state index in [0.29, 0.717) is 27.3 Å². The minimum atomic E-state index is -4.09. The molecule has 4 rings (SSSR count). The van der Waals surface area contributed by atoms with E-state index < -0.39 is 22.5 Å². The molecule has 1 aliphatic heterocycles. The van der Waals surface area contributed by atoms with Crippen LogP contribution in [-0.4, -0.2) is 41.0 Å². The van der Waals surface area contributed by atoms with Gasteiger partial charge in [-0.3, -0.25) is 9.10 Å². The highest BCUT2D eigenvalue weighted by Gasteiger charge is 2.29. The Morgan fingerprint density at radius 1 is 1.14 bits per heavy atom. The van der Waals surface area contributed by atoms with E-state index in [-0.39, 0.29) is 17.4 Å². The number of nitrogens with zero attached hydrogens (tertiary/aromatic N) is 2. The van der Waals surface area contributed by atoms with Crippen LogP contribution in [0.1, 0.15) is 11.1 Å². The first-order chi connectivity index (χ1) is 16.8. The van der Waals surface area contributed by atoms with Crippen molar-refractivity contribution in [3.8, 4) is 17.2 Å². The topological polar surface area (TPSA) is 107 Å². The summed E-state index contributed by atoms with van der Waals surface area (Å²) >= 11 is 3.42. The van der Waals surface area contributed by atoms with E-state index in [1.54, 1.807) is 48.5 Å². The average Bonchev–Trinajstić information content (AvgIpc) is 3.30. The standard InChI is InChI=1S/C24H22BrN3O6S/c1-16-8-9-21(32-2)20(10-16)28(35(30,31)18-6-4-3-5-7-18)14-24(29)27-26-13-17-11-22-23(12-19(17)25)34-15-33-22/h3-13H,14-15H2,1-2H3,(H,27,29)/b26-13-. The van der Waals surface area contributed by atoms with Gasteiger partial charge in [-0.15, -0.1) is 0 Å². The van der Waals surface area contributed by atoms with Gasteiger partial charge in [-0.25, -0.2) is 13.8 Å². The molecule has 0 aromatic heterocycles. The van der Waals surface area contributed by atoms with Gasteiger partial charge < -0.3 is 14.2 Å². The third-order valence-corrected chi connectivity index (χ3v) is 7.57. The molecule has 1 heterocycles. The number of rotatable bonds is 8. The molecule has 0 saturated heterocycles. The van der Waals surface area contributed by atoms with Crippen LogP contribution in [0.4, 0.5) is 5.69 Å². The second kappa shape index (κ2) is 10.4. The van der Waals surface area contributed by atoms with E-state index in [2.05, 4.69) is 26.5 Å². The van der Waals surface area contributed by atoms with Crippen molar-refractivity contribution >= 4 is 43.8 Å². The molecule has 0 bridgehead atoms. The van der Waals surface area contributed by atoms with Crippen molar-refractivity contribution in [2.24, 2.45) is 5.10 Å². The van der Waals surface area contributed by atoms with Crippen LogP contribution in [0.15, 0.2) is 75.1 Å². The minimum absolute atomic E-state index is 0.0455. The van der Waals surface area contributed by atoms with E-state index in [1.807, 2.05) is 6.92 Å². The van der Waals surface area contributed by atoms with Gasteiger partial charge in [-0.2, -0.15) is 5.10 Å². The Hall–Kier alpha value is -3.57. The summed E-state index contributed by atoms with van der Waals surface area (Å²) in [7, 11) is -2.65. The Morgan fingerprint density at radius 3 is 2.57 bits per heavy atom. The second-order valence-corrected chi connectivity index (χ2v) is 10.2. The summed E-state index contributed by atoms with van der Waals surface area (Å²) < 4.78 is 44.8. The summed E-state index contributed by atoms with van der Waals surface area (Å²) in [6.45, 7) is 1.44. The number of sulfonamides is 1. The van der Waals surface area contributed by atoms with Crippen molar-refractivity contribution in [1.29, 1.82) is 0 Å². The number of carbonyl (C=O) groups excluding carboxylic acids is 1. The van der Waals surface area contributed by atoms with Crippen molar-refractivity contribution in [3.05, 3.63) is 76.3 Å². The largest absolute Gasteiger partial charge is 0.495 e. The molecule has 9 nitrogen and oxygen atoms in total. The fourth-order valence-corrected chi connectivity index (χ4v) is 5.25. The highest BCUT2D eigenvalue weighted by molar-refractivity contribution is 9.10. The molecule has 0 atom stereocenters. The Morgan fingerprint density at radius 2 is 1.86 bits per heavy atom. The molecule has 182 valence electrons. The van der Waals surface area contributed by atoms with Gasteiger partial charge in [0.1, 0.15) is 12.3 Å². The zero-order valence-corrected chi connectivity index (χ0v) is 21.3. The lowest BCUT2D eigenvalue weighted by molar-refractivity contribution is -0.119. The number of amides is 1. The maximum Gasteiger partial charge on any atom is 0.264 e. The summed E-state index contributed by atoms with van der Waals surface area (Å²) in [5.74, 6) is 0.844. The SMILES string of the molecule is COc1ccc(C)cc1N(CC(=O)N/N=C\c1cc2c(cc1Br)OCO2)S(=O)(=O)c1ccccc1. The Kier molecular flexibility index (Phi) is 7.27. The number of aryl methyl sites for hydroxylation is 1. The van der Waals surface area contributed by atoms with Gasteiger partial charge in [-0.05, 0) is 64.8 Å². The number of hydrogen-bond acceptors (Lipinski definition) is 7. The first-order valence-corrected chi connectivity index (χ1v) is 12.7. The number of anilines is 1. The predicted molar refractivity (Wildman–Crippen MR) is 135 cm³/mol. The van der Waals surface area contributed by atoms with Crippen LogP contribution in [0, 0.1) is 6.92 Å². The highest BCUT2D eigenvalue weighted by atomic mass is 79.9. The lowest BCUT2D eigenvalue weighted by atomic mass is 10.2. The molecule has 0 fully saturated rings. The van der Waals surface area contributed by atoms with Crippen LogP contribution in [0.25, 0.3) is 0 Å². The zero-order chi connectivity index (χ0) is 25.0. The smallest absolute Gasteiger partial charge is 0.264 e. The molecule has 1 N–H and O–H groups in total. The Labute approximate surface area is 211 Å². The summed E-state index contributed by atoms with van der Waals surface area (Å²) in [6, 6.07) is 16.4. The number of methoxy groups -OCH3 is 1. The highest BCUT2D eigenvalue weighted by Crippen LogP contribution is 2.36. The fraction of sp³-hybridized carbons (Fsp3) is 0.167. The lowest BCUT2D eigenvalue weighted by Crippen LogP contribution is -2.39. The average molecular weight is 560 g/mol. The van der Waals surface area contributed by atoms with Gasteiger partial charge in [0, 0.05) is 10.0 Å². The van der Waals surface area contributed by atoms with Gasteiger partial charge in [0.15, 0.2) is 11.5 Å². The summed E-state index contributed by atoms with van der Waals surface area (Å²) in [5.41, 5.74) is 4.09. The molecule has 0 spiro atoms. The quantitative estimate of drug-likeness (QED) is 0.332. The van der Waals surface area contributed by atoms with Crippen molar-refractivity contribution in [2.75, 3.05) is 24.8 Å². The van der Waals surface area contributed by atoms with Crippen molar-refractivity contribution in [1.82, 2.24) is 5.43 Å².